The highest BCUT2D eigenvalue weighted by atomic mass is 32.2. The quantitative estimate of drug-likeness (QED) is 0.713. The summed E-state index contributed by atoms with van der Waals surface area (Å²) in [6.45, 7) is 6.20. The second-order valence-electron chi connectivity index (χ2n) is 4.83. The molecule has 0 aliphatic heterocycles. The highest BCUT2D eigenvalue weighted by Gasteiger charge is 2.14. The molecule has 0 bridgehead atoms. The number of hydrogen-bond donors (Lipinski definition) is 2. The fourth-order valence-electron chi connectivity index (χ4n) is 1.62. The van der Waals surface area contributed by atoms with Gasteiger partial charge in [0, 0.05) is 13.0 Å². The van der Waals surface area contributed by atoms with Crippen LogP contribution in [0.25, 0.3) is 0 Å². The number of rotatable bonds is 8. The van der Waals surface area contributed by atoms with Gasteiger partial charge in [-0.15, -0.1) is 0 Å². The number of sulfonamides is 1. The van der Waals surface area contributed by atoms with Gasteiger partial charge < -0.3 is 0 Å². The first-order valence-corrected chi connectivity index (χ1v) is 8.35. The molecule has 2 N–H and O–H groups in total. The van der Waals surface area contributed by atoms with E-state index in [-0.39, 0.29) is 23.8 Å². The zero-order valence-corrected chi connectivity index (χ0v) is 13.4. The van der Waals surface area contributed by atoms with E-state index in [4.69, 9.17) is 4.84 Å². The number of hydrogen-bond acceptors (Lipinski definition) is 4. The Balaban J connectivity index is 2.55. The average Bonchev–Trinajstić information content (AvgIpc) is 2.45. The van der Waals surface area contributed by atoms with Gasteiger partial charge in [-0.1, -0.05) is 26.0 Å². The van der Waals surface area contributed by atoms with Crippen LogP contribution in [0.2, 0.25) is 0 Å². The van der Waals surface area contributed by atoms with Crippen LogP contribution in [0.3, 0.4) is 0 Å². The monoisotopic (exact) mass is 314 g/mol. The highest BCUT2D eigenvalue weighted by molar-refractivity contribution is 7.89. The van der Waals surface area contributed by atoms with Crippen molar-refractivity contribution in [2.24, 2.45) is 0 Å². The van der Waals surface area contributed by atoms with Crippen molar-refractivity contribution >= 4 is 15.9 Å². The second-order valence-corrected chi connectivity index (χ2v) is 6.60. The van der Waals surface area contributed by atoms with Gasteiger partial charge >= 0.3 is 0 Å². The van der Waals surface area contributed by atoms with Crippen molar-refractivity contribution in [3.05, 3.63) is 29.8 Å². The molecule has 0 saturated heterocycles. The van der Waals surface area contributed by atoms with E-state index in [0.29, 0.717) is 12.5 Å². The Labute approximate surface area is 125 Å². The molecule has 0 aliphatic carbocycles. The number of amides is 1. The number of carbonyl (C=O) groups is 1. The molecular formula is C14H22N2O4S. The molecule has 0 saturated carbocycles. The van der Waals surface area contributed by atoms with Gasteiger partial charge in [-0.2, -0.15) is 0 Å². The first kappa shape index (κ1) is 17.6. The highest BCUT2D eigenvalue weighted by Crippen LogP contribution is 2.17. The number of benzene rings is 1. The standard InChI is InChI=1S/C14H22N2O4S/c1-4-20-16-14(17)9-10-15-21(18,19)13-7-5-12(6-8-13)11(2)3/h5-8,11,15H,4,9-10H2,1-3H3,(H,16,17). The van der Waals surface area contributed by atoms with E-state index in [1.54, 1.807) is 31.2 Å². The van der Waals surface area contributed by atoms with E-state index in [2.05, 4.69) is 10.2 Å². The van der Waals surface area contributed by atoms with Crippen molar-refractivity contribution in [2.75, 3.05) is 13.2 Å². The summed E-state index contributed by atoms with van der Waals surface area (Å²) in [7, 11) is -3.59. The van der Waals surface area contributed by atoms with Gasteiger partial charge in [0.15, 0.2) is 0 Å². The van der Waals surface area contributed by atoms with Crippen molar-refractivity contribution in [1.29, 1.82) is 0 Å². The van der Waals surface area contributed by atoms with E-state index in [1.807, 2.05) is 13.8 Å². The molecule has 0 heterocycles. The number of carbonyl (C=O) groups excluding carboxylic acids is 1. The Kier molecular flexibility index (Phi) is 6.80. The molecule has 6 nitrogen and oxygen atoms in total. The maximum Gasteiger partial charge on any atom is 0.244 e. The van der Waals surface area contributed by atoms with Crippen LogP contribution in [-0.2, 0) is 19.7 Å². The van der Waals surface area contributed by atoms with E-state index in [0.717, 1.165) is 5.56 Å². The van der Waals surface area contributed by atoms with E-state index < -0.39 is 10.0 Å². The Morgan fingerprint density at radius 3 is 2.38 bits per heavy atom. The fourth-order valence-corrected chi connectivity index (χ4v) is 2.65. The molecule has 1 aromatic carbocycles. The Morgan fingerprint density at radius 1 is 1.24 bits per heavy atom. The zero-order valence-electron chi connectivity index (χ0n) is 12.5. The van der Waals surface area contributed by atoms with E-state index in [1.165, 1.54) is 0 Å². The lowest BCUT2D eigenvalue weighted by molar-refractivity contribution is -0.132. The van der Waals surface area contributed by atoms with Crippen molar-refractivity contribution in [2.45, 2.75) is 38.0 Å². The molecule has 1 rings (SSSR count). The normalized spacial score (nSPS) is 11.6. The topological polar surface area (TPSA) is 84.5 Å². The molecule has 1 amide bonds. The van der Waals surface area contributed by atoms with E-state index >= 15 is 0 Å². The predicted molar refractivity (Wildman–Crippen MR) is 80.1 cm³/mol. The molecule has 7 heteroatoms. The molecule has 1 aromatic rings. The minimum absolute atomic E-state index is 0.0172. The largest absolute Gasteiger partial charge is 0.274 e. The van der Waals surface area contributed by atoms with Gasteiger partial charge in [-0.25, -0.2) is 18.6 Å². The third kappa shape index (κ3) is 5.82. The smallest absolute Gasteiger partial charge is 0.244 e. The zero-order chi connectivity index (χ0) is 15.9. The Hall–Kier alpha value is -1.44. The minimum atomic E-state index is -3.59. The maximum atomic E-state index is 12.0. The maximum absolute atomic E-state index is 12.0. The Morgan fingerprint density at radius 2 is 1.86 bits per heavy atom. The molecule has 0 spiro atoms. The molecule has 0 unspecified atom stereocenters. The lowest BCUT2D eigenvalue weighted by Gasteiger charge is -2.09. The van der Waals surface area contributed by atoms with Crippen molar-refractivity contribution in [3.8, 4) is 0 Å². The fraction of sp³-hybridized carbons (Fsp3) is 0.500. The average molecular weight is 314 g/mol. The van der Waals surface area contributed by atoms with Crippen LogP contribution in [0.5, 0.6) is 0 Å². The third-order valence-corrected chi connectivity index (χ3v) is 4.31. The molecule has 0 aromatic heterocycles. The summed E-state index contributed by atoms with van der Waals surface area (Å²) in [6, 6.07) is 6.72. The van der Waals surface area contributed by atoms with Gasteiger partial charge in [-0.3, -0.25) is 9.63 Å². The van der Waals surface area contributed by atoms with Gasteiger partial charge in [0.2, 0.25) is 15.9 Å². The molecule has 21 heavy (non-hydrogen) atoms. The number of nitrogens with one attached hydrogen (secondary N) is 2. The number of hydroxylamine groups is 1. The third-order valence-electron chi connectivity index (χ3n) is 2.83. The summed E-state index contributed by atoms with van der Waals surface area (Å²) < 4.78 is 26.5. The summed E-state index contributed by atoms with van der Waals surface area (Å²) in [5.41, 5.74) is 3.28. The first-order valence-electron chi connectivity index (χ1n) is 6.87. The molecule has 0 aliphatic rings. The van der Waals surface area contributed by atoms with Gasteiger partial charge in [-0.05, 0) is 30.5 Å². The molecule has 0 radical (unpaired) electrons. The summed E-state index contributed by atoms with van der Waals surface area (Å²) >= 11 is 0. The van der Waals surface area contributed by atoms with Gasteiger partial charge in [0.1, 0.15) is 0 Å². The SMILES string of the molecule is CCONC(=O)CCNS(=O)(=O)c1ccc(C(C)C)cc1. The molecule has 118 valence electrons. The van der Waals surface area contributed by atoms with Crippen LogP contribution >= 0.6 is 0 Å². The predicted octanol–water partition coefficient (Wildman–Crippen LogP) is 1.55. The minimum Gasteiger partial charge on any atom is -0.274 e. The van der Waals surface area contributed by atoms with Gasteiger partial charge in [0.05, 0.1) is 11.5 Å². The van der Waals surface area contributed by atoms with Crippen LogP contribution in [0, 0.1) is 0 Å². The summed E-state index contributed by atoms with van der Waals surface area (Å²) in [5, 5.41) is 0. The van der Waals surface area contributed by atoms with Crippen molar-refractivity contribution in [1.82, 2.24) is 10.2 Å². The molecular weight excluding hydrogens is 292 g/mol. The van der Waals surface area contributed by atoms with Crippen LogP contribution in [-0.4, -0.2) is 27.5 Å². The van der Waals surface area contributed by atoms with Crippen molar-refractivity contribution in [3.63, 3.8) is 0 Å². The van der Waals surface area contributed by atoms with Crippen LogP contribution in [0.4, 0.5) is 0 Å². The first-order chi connectivity index (χ1) is 9.86. The summed E-state index contributed by atoms with van der Waals surface area (Å²) in [4.78, 5) is 16.2. The van der Waals surface area contributed by atoms with Gasteiger partial charge in [0.25, 0.3) is 0 Å². The van der Waals surface area contributed by atoms with Crippen LogP contribution in [0.15, 0.2) is 29.2 Å². The summed E-state index contributed by atoms with van der Waals surface area (Å²) in [5.74, 6) is -0.0216. The lowest BCUT2D eigenvalue weighted by Crippen LogP contribution is -2.30. The second kappa shape index (κ2) is 8.11. The van der Waals surface area contributed by atoms with E-state index in [9.17, 15) is 13.2 Å². The molecule has 0 atom stereocenters. The van der Waals surface area contributed by atoms with Crippen LogP contribution < -0.4 is 10.2 Å². The Bertz CT molecular complexity index is 553. The van der Waals surface area contributed by atoms with Crippen LogP contribution in [0.1, 0.15) is 38.7 Å². The van der Waals surface area contributed by atoms with Crippen molar-refractivity contribution < 1.29 is 18.0 Å². The molecule has 0 fully saturated rings. The lowest BCUT2D eigenvalue weighted by atomic mass is 10.0. The summed E-state index contributed by atoms with van der Waals surface area (Å²) in [6.07, 6.45) is 0.0172.